The Kier molecular flexibility index (Phi) is 9.73. The molecule has 9 heteroatoms. The number of carbonyl (C=O) groups is 1. The minimum atomic E-state index is -0.138. The Balaban J connectivity index is 1.40. The molecule has 1 aliphatic rings. The predicted molar refractivity (Wildman–Crippen MR) is 160 cm³/mol. The number of hydrogen-bond acceptors (Lipinski definition) is 7. The molecule has 0 saturated carbocycles. The molecule has 0 saturated heterocycles. The second-order valence-electron chi connectivity index (χ2n) is 10.7. The summed E-state index contributed by atoms with van der Waals surface area (Å²) in [5, 5.41) is 23.1. The van der Waals surface area contributed by atoms with Crippen LogP contribution in [0.5, 0.6) is 5.75 Å². The molecule has 4 rings (SSSR count). The van der Waals surface area contributed by atoms with Gasteiger partial charge < -0.3 is 14.6 Å². The van der Waals surface area contributed by atoms with Gasteiger partial charge in [-0.25, -0.2) is 0 Å². The number of fused-ring (bicyclic) bond motifs is 1. The molecule has 2 aromatic heterocycles. The molecular formula is C30H39N5O2S2. The molecule has 1 aromatic carbocycles. The number of nitrogens with one attached hydrogen (secondary N) is 1. The maximum Gasteiger partial charge on any atom is 0.235 e. The van der Waals surface area contributed by atoms with Gasteiger partial charge >= 0.3 is 0 Å². The van der Waals surface area contributed by atoms with Crippen LogP contribution >= 0.6 is 23.1 Å². The molecule has 0 aliphatic heterocycles. The molecule has 1 atom stereocenters. The number of nitriles is 1. The van der Waals surface area contributed by atoms with Gasteiger partial charge in [0.15, 0.2) is 11.0 Å². The highest BCUT2D eigenvalue weighted by atomic mass is 32.2. The minimum absolute atomic E-state index is 0.138. The number of thiophene rings is 1. The number of amides is 1. The predicted octanol–water partition coefficient (Wildman–Crippen LogP) is 7.35. The number of aromatic nitrogens is 3. The van der Waals surface area contributed by atoms with Gasteiger partial charge in [0.2, 0.25) is 5.91 Å². The highest BCUT2D eigenvalue weighted by Crippen LogP contribution is 2.45. The third-order valence-corrected chi connectivity index (χ3v) is 10.0. The van der Waals surface area contributed by atoms with Crippen LogP contribution in [0.3, 0.4) is 0 Å². The van der Waals surface area contributed by atoms with E-state index < -0.39 is 0 Å². The summed E-state index contributed by atoms with van der Waals surface area (Å²) < 4.78 is 7.79. The molecule has 3 aromatic rings. The topological polar surface area (TPSA) is 92.8 Å². The van der Waals surface area contributed by atoms with Crippen LogP contribution in [0.25, 0.3) is 11.4 Å². The average molecular weight is 566 g/mol. The maximum absolute atomic E-state index is 13.0. The summed E-state index contributed by atoms with van der Waals surface area (Å²) >= 11 is 2.94. The molecule has 0 fully saturated rings. The van der Waals surface area contributed by atoms with Gasteiger partial charge in [0, 0.05) is 17.0 Å². The van der Waals surface area contributed by atoms with Gasteiger partial charge in [-0.3, -0.25) is 4.79 Å². The molecule has 0 spiro atoms. The van der Waals surface area contributed by atoms with Crippen molar-refractivity contribution in [2.24, 2.45) is 11.3 Å². The molecule has 39 heavy (non-hydrogen) atoms. The number of benzene rings is 1. The first-order valence-corrected chi connectivity index (χ1v) is 15.7. The lowest BCUT2D eigenvalue weighted by Gasteiger charge is -2.36. The van der Waals surface area contributed by atoms with Crippen molar-refractivity contribution in [3.05, 3.63) is 40.3 Å². The monoisotopic (exact) mass is 565 g/mol. The lowest BCUT2D eigenvalue weighted by atomic mass is 9.69. The van der Waals surface area contributed by atoms with Crippen LogP contribution in [0, 0.1) is 22.7 Å². The van der Waals surface area contributed by atoms with E-state index in [2.05, 4.69) is 49.3 Å². The highest BCUT2D eigenvalue weighted by Gasteiger charge is 2.34. The number of ether oxygens (including phenoxy) is 1. The van der Waals surface area contributed by atoms with E-state index >= 15 is 0 Å². The Bertz CT molecular complexity index is 1320. The van der Waals surface area contributed by atoms with Gasteiger partial charge in [-0.05, 0) is 73.8 Å². The van der Waals surface area contributed by atoms with Crippen molar-refractivity contribution >= 4 is 34.0 Å². The second kappa shape index (κ2) is 13.0. The zero-order chi connectivity index (χ0) is 28.0. The minimum Gasteiger partial charge on any atom is -0.494 e. The van der Waals surface area contributed by atoms with Crippen molar-refractivity contribution in [3.8, 4) is 23.2 Å². The zero-order valence-corrected chi connectivity index (χ0v) is 25.3. The standard InChI is InChI=1S/C30H39N5O2S2/c1-6-9-16-37-22-13-10-20(11-14-22)27-33-34-29(35(27)8-3)38-19-26(36)32-28-24(18-31)23-15-12-21(17-25(23)39-28)30(4,5)7-2/h10-11,13-14,21H,6-9,12,15-17,19H2,1-5H3,(H,32,36). The number of thioether (sulfide) groups is 1. The fourth-order valence-corrected chi connectivity index (χ4v) is 7.07. The summed E-state index contributed by atoms with van der Waals surface area (Å²) in [6, 6.07) is 10.3. The van der Waals surface area contributed by atoms with Gasteiger partial charge in [-0.15, -0.1) is 21.5 Å². The van der Waals surface area contributed by atoms with Crippen LogP contribution in [-0.2, 0) is 24.2 Å². The van der Waals surface area contributed by atoms with Crippen LogP contribution in [0.2, 0.25) is 0 Å². The number of anilines is 1. The summed E-state index contributed by atoms with van der Waals surface area (Å²) in [7, 11) is 0. The first-order chi connectivity index (χ1) is 18.8. The lowest BCUT2D eigenvalue weighted by molar-refractivity contribution is -0.113. The molecular weight excluding hydrogens is 526 g/mol. The van der Waals surface area contributed by atoms with E-state index in [4.69, 9.17) is 4.74 Å². The van der Waals surface area contributed by atoms with Gasteiger partial charge in [0.05, 0.1) is 17.9 Å². The normalized spacial score (nSPS) is 15.0. The zero-order valence-electron chi connectivity index (χ0n) is 23.7. The van der Waals surface area contributed by atoms with Crippen LogP contribution in [0.15, 0.2) is 29.4 Å². The third kappa shape index (κ3) is 6.67. The van der Waals surface area contributed by atoms with Crippen molar-refractivity contribution in [2.75, 3.05) is 17.7 Å². The molecule has 1 N–H and O–H groups in total. The summed E-state index contributed by atoms with van der Waals surface area (Å²) in [6.45, 7) is 12.5. The molecule has 7 nitrogen and oxygen atoms in total. The lowest BCUT2D eigenvalue weighted by Crippen LogP contribution is -2.28. The van der Waals surface area contributed by atoms with Gasteiger partial charge in [0.25, 0.3) is 0 Å². The first-order valence-electron chi connectivity index (χ1n) is 13.9. The smallest absolute Gasteiger partial charge is 0.235 e. The van der Waals surface area contributed by atoms with Crippen molar-refractivity contribution < 1.29 is 9.53 Å². The van der Waals surface area contributed by atoms with Crippen LogP contribution < -0.4 is 10.1 Å². The first kappa shape index (κ1) is 29.2. The Labute approximate surface area is 240 Å². The largest absolute Gasteiger partial charge is 0.494 e. The van der Waals surface area contributed by atoms with Crippen LogP contribution in [-0.4, -0.2) is 33.0 Å². The molecule has 2 heterocycles. The summed E-state index contributed by atoms with van der Waals surface area (Å²) in [5.74, 6) is 2.27. The van der Waals surface area contributed by atoms with Crippen molar-refractivity contribution in [1.82, 2.24) is 14.8 Å². The fraction of sp³-hybridized carbons (Fsp3) is 0.533. The number of carbonyl (C=O) groups excluding carboxylic acids is 1. The van der Waals surface area contributed by atoms with E-state index in [1.807, 2.05) is 35.8 Å². The summed E-state index contributed by atoms with van der Waals surface area (Å²) in [6.07, 6.45) is 6.24. The van der Waals surface area contributed by atoms with Crippen molar-refractivity contribution in [2.45, 2.75) is 84.8 Å². The van der Waals surface area contributed by atoms with E-state index in [-0.39, 0.29) is 17.1 Å². The number of unbranched alkanes of at least 4 members (excludes halogenated alkanes) is 1. The third-order valence-electron chi connectivity index (χ3n) is 7.89. The quantitative estimate of drug-likeness (QED) is 0.182. The van der Waals surface area contributed by atoms with E-state index in [0.29, 0.717) is 34.8 Å². The van der Waals surface area contributed by atoms with Crippen LogP contribution in [0.4, 0.5) is 5.00 Å². The molecule has 0 radical (unpaired) electrons. The summed E-state index contributed by atoms with van der Waals surface area (Å²) in [5.41, 5.74) is 3.00. The van der Waals surface area contributed by atoms with E-state index in [0.717, 1.165) is 61.2 Å². The van der Waals surface area contributed by atoms with Gasteiger partial charge in [0.1, 0.15) is 16.8 Å². The van der Waals surface area contributed by atoms with Crippen molar-refractivity contribution in [3.63, 3.8) is 0 Å². The molecule has 0 bridgehead atoms. The Morgan fingerprint density at radius 3 is 2.69 bits per heavy atom. The van der Waals surface area contributed by atoms with Crippen LogP contribution in [0.1, 0.15) is 76.3 Å². The van der Waals surface area contributed by atoms with E-state index in [1.165, 1.54) is 16.6 Å². The van der Waals surface area contributed by atoms with Gasteiger partial charge in [-0.2, -0.15) is 5.26 Å². The Hall–Kier alpha value is -2.83. The number of hydrogen-bond donors (Lipinski definition) is 1. The second-order valence-corrected chi connectivity index (χ2v) is 12.8. The molecule has 1 amide bonds. The van der Waals surface area contributed by atoms with Gasteiger partial charge in [-0.1, -0.05) is 52.3 Å². The SMILES string of the molecule is CCCCOc1ccc(-c2nnc(SCC(=O)Nc3sc4c(c3C#N)CCC(C(C)(C)CC)C4)n2CC)cc1. The molecule has 1 aliphatic carbocycles. The van der Waals surface area contributed by atoms with E-state index in [1.54, 1.807) is 11.3 Å². The van der Waals surface area contributed by atoms with E-state index in [9.17, 15) is 10.1 Å². The number of rotatable bonds is 12. The molecule has 1 unspecified atom stereocenters. The maximum atomic E-state index is 13.0. The Morgan fingerprint density at radius 1 is 1.26 bits per heavy atom. The molecule has 208 valence electrons. The Morgan fingerprint density at radius 2 is 2.03 bits per heavy atom. The number of nitrogens with zero attached hydrogens (tertiary/aromatic N) is 4. The average Bonchev–Trinajstić information content (AvgIpc) is 3.52. The van der Waals surface area contributed by atoms with Crippen molar-refractivity contribution in [1.29, 1.82) is 5.26 Å². The fourth-order valence-electron chi connectivity index (χ4n) is 4.97. The highest BCUT2D eigenvalue weighted by molar-refractivity contribution is 7.99. The summed E-state index contributed by atoms with van der Waals surface area (Å²) in [4.78, 5) is 14.2.